The van der Waals surface area contributed by atoms with Gasteiger partial charge >= 0.3 is 7.25 Å². The molecule has 0 amide bonds. The number of fused-ring (bicyclic) bond motifs is 5. The van der Waals surface area contributed by atoms with E-state index in [1.807, 2.05) is 23.9 Å². The van der Waals surface area contributed by atoms with Crippen molar-refractivity contribution in [1.29, 1.82) is 0 Å². The van der Waals surface area contributed by atoms with Crippen molar-refractivity contribution in [3.05, 3.63) is 91.0 Å². The maximum atomic E-state index is 9.75. The number of furan rings is 1. The third-order valence-corrected chi connectivity index (χ3v) is 8.67. The minimum absolute atomic E-state index is 0.103. The van der Waals surface area contributed by atoms with Gasteiger partial charge in [0.05, 0.1) is 9.79 Å². The highest BCUT2D eigenvalue weighted by atomic mass is 32.2. The zero-order chi connectivity index (χ0) is 22.3. The summed E-state index contributed by atoms with van der Waals surface area (Å²) in [6, 6.07) is 32.6. The summed E-state index contributed by atoms with van der Waals surface area (Å²) in [5.41, 5.74) is 1.91. The molecule has 4 aromatic carbocycles. The van der Waals surface area contributed by atoms with E-state index in [1.165, 1.54) is 35.2 Å². The van der Waals surface area contributed by atoms with Crippen molar-refractivity contribution >= 4 is 51.8 Å². The van der Waals surface area contributed by atoms with Gasteiger partial charge in [-0.05, 0) is 42.5 Å². The monoisotopic (exact) mass is 470 g/mol. The average molecular weight is 470 g/mol. The zero-order valence-electron chi connectivity index (χ0n) is 16.5. The maximum absolute atomic E-state index is 9.75. The molecule has 0 saturated carbocycles. The summed E-state index contributed by atoms with van der Waals surface area (Å²) >= 11 is 1.88. The van der Waals surface area contributed by atoms with Crippen LogP contribution in [0.2, 0.25) is 0 Å². The maximum Gasteiger partial charge on any atom is 0.673 e. The molecule has 0 N–H and O–H groups in total. The fraction of sp³-hybridized carbons (Fsp3) is 0. The van der Waals surface area contributed by atoms with Crippen molar-refractivity contribution < 1.29 is 21.7 Å². The summed E-state index contributed by atoms with van der Waals surface area (Å²) in [6.07, 6.45) is 0. The third-order valence-electron chi connectivity index (χ3n) is 4.94. The standard InChI is InChI=1S/C24H15OS2.BF4/c1-2-8-19-17(7-1)18-15-16(13-14-20(18)25-19)27-23-11-5-3-9-21(23)26-22-10-4-6-12-24(22)27;2-1(3,4)5/h1-15H;/q+1;-1. The molecule has 1 aromatic heterocycles. The van der Waals surface area contributed by atoms with Gasteiger partial charge in [0.15, 0.2) is 14.7 Å². The quantitative estimate of drug-likeness (QED) is 0.136. The Bertz CT molecular complexity index is 1380. The topological polar surface area (TPSA) is 13.1 Å². The molecule has 1 aliphatic rings. The van der Waals surface area contributed by atoms with Crippen LogP contribution < -0.4 is 0 Å². The van der Waals surface area contributed by atoms with Crippen LogP contribution in [0.5, 0.6) is 0 Å². The van der Waals surface area contributed by atoms with Gasteiger partial charge in [0, 0.05) is 16.8 Å². The van der Waals surface area contributed by atoms with Gasteiger partial charge in [-0.25, -0.2) is 0 Å². The van der Waals surface area contributed by atoms with Crippen LogP contribution in [0, 0.1) is 0 Å². The molecule has 0 spiro atoms. The Kier molecular flexibility index (Phi) is 5.43. The van der Waals surface area contributed by atoms with Gasteiger partial charge in [-0.2, -0.15) is 0 Å². The summed E-state index contributed by atoms with van der Waals surface area (Å²) in [6.45, 7) is 0. The minimum atomic E-state index is -6.00. The lowest BCUT2D eigenvalue weighted by Crippen LogP contribution is -2.10. The highest BCUT2D eigenvalue weighted by Crippen LogP contribution is 2.48. The molecule has 0 saturated heterocycles. The molecule has 32 heavy (non-hydrogen) atoms. The van der Waals surface area contributed by atoms with E-state index in [0.29, 0.717) is 0 Å². The Hall–Kier alpha value is -2.84. The van der Waals surface area contributed by atoms with Gasteiger partial charge in [0.25, 0.3) is 0 Å². The van der Waals surface area contributed by atoms with Crippen LogP contribution in [0.25, 0.3) is 21.9 Å². The zero-order valence-corrected chi connectivity index (χ0v) is 18.1. The van der Waals surface area contributed by atoms with Crippen molar-refractivity contribution in [3.8, 4) is 0 Å². The molecule has 160 valence electrons. The summed E-state index contributed by atoms with van der Waals surface area (Å²) in [4.78, 5) is 6.88. The van der Waals surface area contributed by atoms with Crippen molar-refractivity contribution in [2.24, 2.45) is 0 Å². The molecule has 6 rings (SSSR count). The van der Waals surface area contributed by atoms with Gasteiger partial charge in [-0.3, -0.25) is 0 Å². The molecule has 0 fully saturated rings. The van der Waals surface area contributed by atoms with E-state index >= 15 is 0 Å². The molecule has 1 nitrogen and oxygen atoms in total. The first-order chi connectivity index (χ1) is 15.4. The number of rotatable bonds is 1. The number of halogens is 4. The van der Waals surface area contributed by atoms with E-state index in [-0.39, 0.29) is 10.9 Å². The lowest BCUT2D eigenvalue weighted by atomic mass is 10.1. The first-order valence-corrected chi connectivity index (χ1v) is 11.8. The Morgan fingerprint density at radius 1 is 0.625 bits per heavy atom. The largest absolute Gasteiger partial charge is 0.673 e. The highest BCUT2D eigenvalue weighted by Gasteiger charge is 2.38. The van der Waals surface area contributed by atoms with E-state index in [9.17, 15) is 17.3 Å². The smallest absolute Gasteiger partial charge is 0.456 e. The molecule has 5 aromatic rings. The number of hydrogen-bond donors (Lipinski definition) is 0. The van der Waals surface area contributed by atoms with E-state index in [4.69, 9.17) is 4.42 Å². The molecule has 0 radical (unpaired) electrons. The normalized spacial score (nSPS) is 13.4. The summed E-state index contributed by atoms with van der Waals surface area (Å²) in [5.74, 6) is 0. The molecular weight excluding hydrogens is 455 g/mol. The summed E-state index contributed by atoms with van der Waals surface area (Å²) < 4.78 is 45.0. The summed E-state index contributed by atoms with van der Waals surface area (Å²) in [7, 11) is -6.10. The minimum Gasteiger partial charge on any atom is -0.456 e. The molecule has 0 aliphatic carbocycles. The molecule has 0 atom stereocenters. The van der Waals surface area contributed by atoms with E-state index < -0.39 is 7.25 Å². The van der Waals surface area contributed by atoms with Crippen LogP contribution in [-0.4, -0.2) is 7.25 Å². The van der Waals surface area contributed by atoms with E-state index in [2.05, 4.69) is 78.9 Å². The van der Waals surface area contributed by atoms with Crippen LogP contribution >= 0.6 is 11.8 Å². The Morgan fingerprint density at radius 2 is 1.16 bits per heavy atom. The van der Waals surface area contributed by atoms with Crippen LogP contribution in [0.15, 0.2) is 120 Å². The summed E-state index contributed by atoms with van der Waals surface area (Å²) in [5, 5.41) is 2.38. The number of hydrogen-bond acceptors (Lipinski definition) is 2. The highest BCUT2D eigenvalue weighted by molar-refractivity contribution is 8.04. The first-order valence-electron chi connectivity index (χ1n) is 9.77. The van der Waals surface area contributed by atoms with Crippen molar-refractivity contribution in [2.45, 2.75) is 24.5 Å². The van der Waals surface area contributed by atoms with Crippen LogP contribution in [-0.2, 0) is 10.9 Å². The van der Waals surface area contributed by atoms with E-state index in [0.717, 1.165) is 11.2 Å². The van der Waals surface area contributed by atoms with Gasteiger partial charge in [-0.1, -0.05) is 54.2 Å². The average Bonchev–Trinajstić information content (AvgIpc) is 3.14. The van der Waals surface area contributed by atoms with Crippen molar-refractivity contribution in [2.75, 3.05) is 0 Å². The van der Waals surface area contributed by atoms with Crippen LogP contribution in [0.1, 0.15) is 0 Å². The van der Waals surface area contributed by atoms with E-state index in [1.54, 1.807) is 0 Å². The molecule has 0 bridgehead atoms. The second-order valence-corrected chi connectivity index (χ2v) is 10.1. The van der Waals surface area contributed by atoms with Gasteiger partial charge in [0.2, 0.25) is 0 Å². The predicted octanol–water partition coefficient (Wildman–Crippen LogP) is 8.45. The second-order valence-electron chi connectivity index (χ2n) is 7.05. The first kappa shape index (κ1) is 21.0. The lowest BCUT2D eigenvalue weighted by molar-refractivity contribution is 0.368. The van der Waals surface area contributed by atoms with Gasteiger partial charge in [-0.15, -0.1) is 0 Å². The molecule has 2 heterocycles. The van der Waals surface area contributed by atoms with Crippen LogP contribution in [0.3, 0.4) is 0 Å². The second kappa shape index (κ2) is 8.26. The van der Waals surface area contributed by atoms with Crippen molar-refractivity contribution in [1.82, 2.24) is 0 Å². The molecular formula is C24H15BF4OS2. The Labute approximate surface area is 188 Å². The van der Waals surface area contributed by atoms with Gasteiger partial charge < -0.3 is 21.7 Å². The van der Waals surface area contributed by atoms with Crippen LogP contribution in [0.4, 0.5) is 17.3 Å². The fourth-order valence-electron chi connectivity index (χ4n) is 3.73. The predicted molar refractivity (Wildman–Crippen MR) is 123 cm³/mol. The molecule has 8 heteroatoms. The Morgan fingerprint density at radius 3 is 1.81 bits per heavy atom. The molecule has 0 unspecified atom stereocenters. The Balaban J connectivity index is 0.000000393. The molecule has 1 aliphatic heterocycles. The lowest BCUT2D eigenvalue weighted by Gasteiger charge is -2.18. The fourth-order valence-corrected chi connectivity index (χ4v) is 7.50. The number of benzene rings is 4. The van der Waals surface area contributed by atoms with Crippen molar-refractivity contribution in [3.63, 3.8) is 0 Å². The van der Waals surface area contributed by atoms with Gasteiger partial charge in [0.1, 0.15) is 22.1 Å². The SMILES string of the molecule is F[B-](F)(F)F.c1ccc2c(c1)Sc1ccccc1[S+]2c1ccc2oc3ccccc3c2c1. The number of para-hydroxylation sites is 1. The third kappa shape index (κ3) is 4.12.